The van der Waals surface area contributed by atoms with Crippen LogP contribution in [0.1, 0.15) is 11.5 Å². The summed E-state index contributed by atoms with van der Waals surface area (Å²) in [6, 6.07) is 7.52. The maximum atomic E-state index is 13.1. The number of hydrogen-bond donors (Lipinski definition) is 1. The van der Waals surface area contributed by atoms with Crippen LogP contribution < -0.4 is 10.1 Å². The second-order valence-corrected chi connectivity index (χ2v) is 5.12. The van der Waals surface area contributed by atoms with Gasteiger partial charge in [-0.05, 0) is 24.3 Å². The Balaban J connectivity index is 1.94. The molecule has 0 aliphatic rings. The molecular formula is C14H14F3NO2S. The van der Waals surface area contributed by atoms with Crippen molar-refractivity contribution in [2.24, 2.45) is 0 Å². The molecule has 114 valence electrons. The smallest absolute Gasteiger partial charge is 0.284 e. The summed E-state index contributed by atoms with van der Waals surface area (Å²) in [6.07, 6.45) is 0. The van der Waals surface area contributed by atoms with Crippen LogP contribution in [0.25, 0.3) is 0 Å². The van der Waals surface area contributed by atoms with Gasteiger partial charge in [0, 0.05) is 6.07 Å². The molecule has 1 heterocycles. The van der Waals surface area contributed by atoms with E-state index in [0.29, 0.717) is 41.3 Å². The second-order valence-electron chi connectivity index (χ2n) is 4.14. The predicted octanol–water partition coefficient (Wildman–Crippen LogP) is 4.50. The summed E-state index contributed by atoms with van der Waals surface area (Å²) in [5.41, 5.74) is 0.624. The lowest BCUT2D eigenvalue weighted by atomic mass is 10.2. The van der Waals surface area contributed by atoms with E-state index in [-0.39, 0.29) is 11.6 Å². The fraction of sp³-hybridized carbons (Fsp3) is 0.286. The van der Waals surface area contributed by atoms with Crippen molar-refractivity contribution in [1.82, 2.24) is 0 Å². The number of halogens is 3. The van der Waals surface area contributed by atoms with Crippen molar-refractivity contribution >= 4 is 17.4 Å². The van der Waals surface area contributed by atoms with Crippen molar-refractivity contribution < 1.29 is 22.3 Å². The minimum Gasteiger partial charge on any atom is -0.494 e. The first-order valence-electron chi connectivity index (χ1n) is 6.13. The number of thioether (sulfide) groups is 1. The fourth-order valence-corrected chi connectivity index (χ4v) is 2.18. The average molecular weight is 317 g/mol. The topological polar surface area (TPSA) is 34.4 Å². The lowest BCUT2D eigenvalue weighted by Gasteiger charge is -2.10. The molecule has 0 saturated carbocycles. The van der Waals surface area contributed by atoms with E-state index in [0.717, 1.165) is 0 Å². The molecule has 0 aliphatic heterocycles. The van der Waals surface area contributed by atoms with Crippen LogP contribution in [0.2, 0.25) is 0 Å². The van der Waals surface area contributed by atoms with Crippen molar-refractivity contribution in [2.75, 3.05) is 12.4 Å². The van der Waals surface area contributed by atoms with Crippen LogP contribution in [0, 0.1) is 5.82 Å². The first kappa shape index (κ1) is 15.6. The normalized spacial score (nSPS) is 10.9. The van der Waals surface area contributed by atoms with Gasteiger partial charge in [-0.1, -0.05) is 11.8 Å². The Hall–Kier alpha value is -1.76. The van der Waals surface area contributed by atoms with Crippen LogP contribution in [-0.4, -0.2) is 12.9 Å². The second kappa shape index (κ2) is 7.31. The molecule has 21 heavy (non-hydrogen) atoms. The zero-order valence-corrected chi connectivity index (χ0v) is 12.1. The minimum atomic E-state index is -2.42. The summed E-state index contributed by atoms with van der Waals surface area (Å²) < 4.78 is 47.7. The first-order valence-corrected chi connectivity index (χ1v) is 7.18. The molecule has 1 N–H and O–H groups in total. The molecule has 2 aromatic rings. The number of furan rings is 1. The van der Waals surface area contributed by atoms with E-state index in [1.165, 1.54) is 19.2 Å². The molecule has 2 rings (SSSR count). The Morgan fingerprint density at radius 2 is 2.00 bits per heavy atom. The quantitative estimate of drug-likeness (QED) is 0.815. The van der Waals surface area contributed by atoms with Gasteiger partial charge in [-0.25, -0.2) is 4.39 Å². The molecule has 0 spiro atoms. The van der Waals surface area contributed by atoms with Crippen molar-refractivity contribution in [1.29, 1.82) is 0 Å². The Kier molecular flexibility index (Phi) is 5.44. The number of anilines is 1. The average Bonchev–Trinajstić information content (AvgIpc) is 2.91. The van der Waals surface area contributed by atoms with E-state index >= 15 is 0 Å². The van der Waals surface area contributed by atoms with Gasteiger partial charge in [-0.2, -0.15) is 8.78 Å². The third kappa shape index (κ3) is 4.63. The van der Waals surface area contributed by atoms with Crippen LogP contribution >= 0.6 is 11.8 Å². The van der Waals surface area contributed by atoms with Gasteiger partial charge in [0.1, 0.15) is 23.1 Å². The number of rotatable bonds is 7. The molecule has 0 fully saturated rings. The highest BCUT2D eigenvalue weighted by Crippen LogP contribution is 2.26. The fourth-order valence-electron chi connectivity index (χ4n) is 1.73. The summed E-state index contributed by atoms with van der Waals surface area (Å²) >= 11 is 0.511. The Morgan fingerprint density at radius 1 is 1.24 bits per heavy atom. The predicted molar refractivity (Wildman–Crippen MR) is 76.3 cm³/mol. The zero-order valence-electron chi connectivity index (χ0n) is 11.2. The summed E-state index contributed by atoms with van der Waals surface area (Å²) in [7, 11) is 1.45. The van der Waals surface area contributed by atoms with Gasteiger partial charge >= 0.3 is 0 Å². The lowest BCUT2D eigenvalue weighted by molar-refractivity contribution is 0.251. The molecule has 0 saturated heterocycles. The van der Waals surface area contributed by atoms with Crippen molar-refractivity contribution in [2.45, 2.75) is 18.1 Å². The lowest BCUT2D eigenvalue weighted by Crippen LogP contribution is -2.00. The zero-order chi connectivity index (χ0) is 15.2. The van der Waals surface area contributed by atoms with E-state index in [9.17, 15) is 13.2 Å². The largest absolute Gasteiger partial charge is 0.494 e. The highest BCUT2D eigenvalue weighted by molar-refractivity contribution is 7.98. The molecule has 0 unspecified atom stereocenters. The van der Waals surface area contributed by atoms with Gasteiger partial charge in [0.2, 0.25) is 0 Å². The van der Waals surface area contributed by atoms with E-state index in [4.69, 9.17) is 9.15 Å². The Bertz CT molecular complexity index is 589. The third-order valence-corrected chi connectivity index (χ3v) is 3.39. The molecule has 0 aliphatic carbocycles. The Labute approximate surface area is 124 Å². The highest BCUT2D eigenvalue weighted by atomic mass is 32.2. The van der Waals surface area contributed by atoms with E-state index in [1.54, 1.807) is 18.2 Å². The van der Waals surface area contributed by atoms with Crippen molar-refractivity contribution in [3.8, 4) is 5.75 Å². The molecule has 0 radical (unpaired) electrons. The van der Waals surface area contributed by atoms with Crippen LogP contribution in [0.3, 0.4) is 0 Å². The van der Waals surface area contributed by atoms with Gasteiger partial charge < -0.3 is 14.5 Å². The van der Waals surface area contributed by atoms with Crippen LogP contribution in [0.5, 0.6) is 5.75 Å². The van der Waals surface area contributed by atoms with Gasteiger partial charge in [-0.15, -0.1) is 0 Å². The molecule has 1 aromatic carbocycles. The maximum Gasteiger partial charge on any atom is 0.284 e. The van der Waals surface area contributed by atoms with Crippen molar-refractivity contribution in [3.05, 3.63) is 47.7 Å². The standard InChI is InChI=1S/C14H14F3NO2S/c1-19-13-6-9(15)2-5-12(13)18-7-10-3-4-11(20-10)8-21-14(16)17/h2-6,14,18H,7-8H2,1H3. The van der Waals surface area contributed by atoms with Gasteiger partial charge in [0.25, 0.3) is 5.76 Å². The molecule has 0 atom stereocenters. The molecule has 0 amide bonds. The van der Waals surface area contributed by atoms with Crippen LogP contribution in [0.4, 0.5) is 18.9 Å². The number of nitrogens with one attached hydrogen (secondary N) is 1. The molecule has 3 nitrogen and oxygen atoms in total. The number of benzene rings is 1. The van der Waals surface area contributed by atoms with E-state index < -0.39 is 5.76 Å². The third-order valence-electron chi connectivity index (χ3n) is 2.69. The summed E-state index contributed by atoms with van der Waals surface area (Å²) in [4.78, 5) is 0. The molecule has 1 aromatic heterocycles. The summed E-state index contributed by atoms with van der Waals surface area (Å²) in [6.45, 7) is 0.349. The number of ether oxygens (including phenoxy) is 1. The van der Waals surface area contributed by atoms with Gasteiger partial charge in [0.15, 0.2) is 0 Å². The molecular weight excluding hydrogens is 303 g/mol. The number of hydrogen-bond acceptors (Lipinski definition) is 4. The SMILES string of the molecule is COc1cc(F)ccc1NCc1ccc(CSC(F)F)o1. The minimum absolute atomic E-state index is 0.123. The Morgan fingerprint density at radius 3 is 2.71 bits per heavy atom. The van der Waals surface area contributed by atoms with Gasteiger partial charge in [-0.3, -0.25) is 0 Å². The molecule has 7 heteroatoms. The number of methoxy groups -OCH3 is 1. The monoisotopic (exact) mass is 317 g/mol. The molecule has 0 bridgehead atoms. The number of alkyl halides is 2. The van der Waals surface area contributed by atoms with E-state index in [1.807, 2.05) is 0 Å². The van der Waals surface area contributed by atoms with E-state index in [2.05, 4.69) is 5.32 Å². The summed E-state index contributed by atoms with van der Waals surface area (Å²) in [5, 5.41) is 3.05. The maximum absolute atomic E-state index is 13.1. The van der Waals surface area contributed by atoms with Crippen LogP contribution in [0.15, 0.2) is 34.7 Å². The van der Waals surface area contributed by atoms with Gasteiger partial charge in [0.05, 0.1) is 25.1 Å². The highest BCUT2D eigenvalue weighted by Gasteiger charge is 2.08. The van der Waals surface area contributed by atoms with Crippen LogP contribution in [-0.2, 0) is 12.3 Å². The first-order chi connectivity index (χ1) is 10.1. The van der Waals surface area contributed by atoms with Crippen molar-refractivity contribution in [3.63, 3.8) is 0 Å². The summed E-state index contributed by atoms with van der Waals surface area (Å²) in [5.74, 6) is -1.20.